The van der Waals surface area contributed by atoms with Crippen molar-refractivity contribution in [2.75, 3.05) is 18.5 Å². The number of aryl methyl sites for hydroxylation is 1. The van der Waals surface area contributed by atoms with Crippen LogP contribution in [-0.2, 0) is 10.3 Å². The van der Waals surface area contributed by atoms with Crippen LogP contribution in [0.15, 0.2) is 0 Å². The summed E-state index contributed by atoms with van der Waals surface area (Å²) in [5.41, 5.74) is 1.93. The van der Waals surface area contributed by atoms with Crippen molar-refractivity contribution >= 4 is 5.82 Å². The lowest BCUT2D eigenvalue weighted by Crippen LogP contribution is -2.30. The van der Waals surface area contributed by atoms with Gasteiger partial charge in [0.1, 0.15) is 11.4 Å². The van der Waals surface area contributed by atoms with E-state index in [1.165, 1.54) is 12.8 Å². The Kier molecular flexibility index (Phi) is 4.40. The summed E-state index contributed by atoms with van der Waals surface area (Å²) in [4.78, 5) is 9.46. The summed E-state index contributed by atoms with van der Waals surface area (Å²) in [6, 6.07) is 0. The second-order valence-corrected chi connectivity index (χ2v) is 5.27. The number of nitrogens with one attached hydrogen (secondary N) is 1. The SMILES string of the molecule is CCNc1nc(C2(OCC)CCCC2)nc(C)c1C. The zero-order valence-electron chi connectivity index (χ0n) is 12.5. The highest BCUT2D eigenvalue weighted by Crippen LogP contribution is 2.41. The molecule has 1 heterocycles. The molecule has 0 atom stereocenters. The molecule has 19 heavy (non-hydrogen) atoms. The molecule has 1 aromatic heterocycles. The molecular formula is C15H25N3O. The van der Waals surface area contributed by atoms with Crippen LogP contribution in [0.4, 0.5) is 5.82 Å². The Hall–Kier alpha value is -1.16. The number of nitrogens with zero attached hydrogens (tertiary/aromatic N) is 2. The smallest absolute Gasteiger partial charge is 0.162 e. The zero-order valence-corrected chi connectivity index (χ0v) is 12.5. The summed E-state index contributed by atoms with van der Waals surface area (Å²) < 4.78 is 6.05. The summed E-state index contributed by atoms with van der Waals surface area (Å²) in [6.07, 6.45) is 4.48. The summed E-state index contributed by atoms with van der Waals surface area (Å²) >= 11 is 0. The van der Waals surface area contributed by atoms with Crippen LogP contribution in [-0.4, -0.2) is 23.1 Å². The van der Waals surface area contributed by atoms with E-state index in [-0.39, 0.29) is 5.60 Å². The number of aromatic nitrogens is 2. The Labute approximate surface area is 116 Å². The normalized spacial score (nSPS) is 17.7. The predicted octanol–water partition coefficient (Wildman–Crippen LogP) is 3.33. The number of hydrogen-bond donors (Lipinski definition) is 1. The maximum atomic E-state index is 6.05. The van der Waals surface area contributed by atoms with E-state index < -0.39 is 0 Å². The van der Waals surface area contributed by atoms with Crippen molar-refractivity contribution in [2.24, 2.45) is 0 Å². The molecule has 1 saturated carbocycles. The molecule has 0 amide bonds. The van der Waals surface area contributed by atoms with Crippen molar-refractivity contribution in [1.82, 2.24) is 9.97 Å². The molecule has 1 aliphatic rings. The van der Waals surface area contributed by atoms with E-state index >= 15 is 0 Å². The van der Waals surface area contributed by atoms with Crippen molar-refractivity contribution in [3.8, 4) is 0 Å². The topological polar surface area (TPSA) is 47.0 Å². The average Bonchev–Trinajstić information content (AvgIpc) is 2.85. The second-order valence-electron chi connectivity index (χ2n) is 5.27. The maximum absolute atomic E-state index is 6.05. The fourth-order valence-corrected chi connectivity index (χ4v) is 2.83. The van der Waals surface area contributed by atoms with Crippen molar-refractivity contribution in [3.05, 3.63) is 17.1 Å². The maximum Gasteiger partial charge on any atom is 0.162 e. The van der Waals surface area contributed by atoms with Gasteiger partial charge in [0.25, 0.3) is 0 Å². The number of anilines is 1. The molecule has 0 unspecified atom stereocenters. The number of ether oxygens (including phenoxy) is 1. The highest BCUT2D eigenvalue weighted by Gasteiger charge is 2.39. The van der Waals surface area contributed by atoms with E-state index in [0.717, 1.165) is 42.3 Å². The number of hydrogen-bond acceptors (Lipinski definition) is 4. The van der Waals surface area contributed by atoms with Crippen LogP contribution in [0, 0.1) is 13.8 Å². The standard InChI is InChI=1S/C15H25N3O/c1-5-16-13-11(3)12(4)17-14(18-13)15(19-6-2)9-7-8-10-15/h5-10H2,1-4H3,(H,16,17,18). The predicted molar refractivity (Wildman–Crippen MR) is 77.4 cm³/mol. The second kappa shape index (κ2) is 5.87. The Balaban J connectivity index is 2.42. The molecule has 0 saturated heterocycles. The third kappa shape index (κ3) is 2.73. The van der Waals surface area contributed by atoms with Gasteiger partial charge in [-0.3, -0.25) is 0 Å². The molecule has 0 bridgehead atoms. The Morgan fingerprint density at radius 1 is 1.16 bits per heavy atom. The fourth-order valence-electron chi connectivity index (χ4n) is 2.83. The Morgan fingerprint density at radius 3 is 2.42 bits per heavy atom. The van der Waals surface area contributed by atoms with Crippen molar-refractivity contribution in [3.63, 3.8) is 0 Å². The lowest BCUT2D eigenvalue weighted by atomic mass is 10.0. The van der Waals surface area contributed by atoms with Gasteiger partial charge in [0.2, 0.25) is 0 Å². The van der Waals surface area contributed by atoms with Gasteiger partial charge in [0, 0.05) is 24.4 Å². The minimum atomic E-state index is -0.253. The minimum Gasteiger partial charge on any atom is -0.370 e. The van der Waals surface area contributed by atoms with E-state index in [1.807, 2.05) is 6.92 Å². The van der Waals surface area contributed by atoms with Crippen LogP contribution in [0.2, 0.25) is 0 Å². The summed E-state index contributed by atoms with van der Waals surface area (Å²) in [5, 5.41) is 3.33. The fraction of sp³-hybridized carbons (Fsp3) is 0.733. The Bertz CT molecular complexity index is 439. The summed E-state index contributed by atoms with van der Waals surface area (Å²) in [7, 11) is 0. The molecule has 1 aromatic rings. The molecule has 2 rings (SSSR count). The zero-order chi connectivity index (χ0) is 13.9. The van der Waals surface area contributed by atoms with Gasteiger partial charge in [0.05, 0.1) is 0 Å². The number of rotatable bonds is 5. The van der Waals surface area contributed by atoms with E-state index in [1.54, 1.807) is 0 Å². The van der Waals surface area contributed by atoms with Crippen LogP contribution >= 0.6 is 0 Å². The summed E-state index contributed by atoms with van der Waals surface area (Å²) in [5.74, 6) is 1.82. The van der Waals surface area contributed by atoms with E-state index in [9.17, 15) is 0 Å². The highest BCUT2D eigenvalue weighted by atomic mass is 16.5. The molecule has 1 N–H and O–H groups in total. The van der Waals surface area contributed by atoms with Crippen LogP contribution in [0.5, 0.6) is 0 Å². The molecule has 1 fully saturated rings. The third-order valence-corrected chi connectivity index (χ3v) is 3.97. The van der Waals surface area contributed by atoms with Gasteiger partial charge in [-0.25, -0.2) is 9.97 Å². The molecule has 0 aliphatic heterocycles. The van der Waals surface area contributed by atoms with E-state index in [2.05, 4.69) is 26.1 Å². The van der Waals surface area contributed by atoms with Gasteiger partial charge in [-0.05, 0) is 53.4 Å². The van der Waals surface area contributed by atoms with Crippen molar-refractivity contribution in [1.29, 1.82) is 0 Å². The first-order valence-electron chi connectivity index (χ1n) is 7.36. The van der Waals surface area contributed by atoms with Crippen LogP contribution in [0.1, 0.15) is 56.6 Å². The monoisotopic (exact) mass is 263 g/mol. The van der Waals surface area contributed by atoms with Gasteiger partial charge < -0.3 is 10.1 Å². The third-order valence-electron chi connectivity index (χ3n) is 3.97. The molecule has 1 aliphatic carbocycles. The quantitative estimate of drug-likeness (QED) is 0.885. The van der Waals surface area contributed by atoms with Gasteiger partial charge in [-0.2, -0.15) is 0 Å². The molecule has 0 spiro atoms. The van der Waals surface area contributed by atoms with E-state index in [0.29, 0.717) is 6.61 Å². The summed E-state index contributed by atoms with van der Waals surface area (Å²) in [6.45, 7) is 9.84. The minimum absolute atomic E-state index is 0.253. The first-order valence-corrected chi connectivity index (χ1v) is 7.36. The molecule has 0 aromatic carbocycles. The van der Waals surface area contributed by atoms with Crippen molar-refractivity contribution in [2.45, 2.75) is 59.0 Å². The lowest BCUT2D eigenvalue weighted by Gasteiger charge is -2.28. The lowest BCUT2D eigenvalue weighted by molar-refractivity contribution is -0.0457. The Morgan fingerprint density at radius 2 is 1.84 bits per heavy atom. The van der Waals surface area contributed by atoms with E-state index in [4.69, 9.17) is 14.7 Å². The molecule has 4 nitrogen and oxygen atoms in total. The highest BCUT2D eigenvalue weighted by molar-refractivity contribution is 5.45. The van der Waals surface area contributed by atoms with Gasteiger partial charge >= 0.3 is 0 Å². The van der Waals surface area contributed by atoms with Crippen molar-refractivity contribution < 1.29 is 4.74 Å². The molecular weight excluding hydrogens is 238 g/mol. The molecule has 4 heteroatoms. The largest absolute Gasteiger partial charge is 0.370 e. The van der Waals surface area contributed by atoms with Crippen LogP contribution in [0.3, 0.4) is 0 Å². The molecule has 106 valence electrons. The van der Waals surface area contributed by atoms with Gasteiger partial charge in [-0.1, -0.05) is 0 Å². The first-order chi connectivity index (χ1) is 9.13. The first kappa shape index (κ1) is 14.3. The van der Waals surface area contributed by atoms with Gasteiger partial charge in [0.15, 0.2) is 5.82 Å². The van der Waals surface area contributed by atoms with Crippen LogP contribution in [0.25, 0.3) is 0 Å². The molecule has 0 radical (unpaired) electrons. The average molecular weight is 263 g/mol. The van der Waals surface area contributed by atoms with Crippen LogP contribution < -0.4 is 5.32 Å². The van der Waals surface area contributed by atoms with Gasteiger partial charge in [-0.15, -0.1) is 0 Å².